The van der Waals surface area contributed by atoms with Gasteiger partial charge in [0, 0.05) is 10.6 Å². The molecule has 1 amide bonds. The predicted molar refractivity (Wildman–Crippen MR) is 73.0 cm³/mol. The maximum atomic E-state index is 11.5. The molecule has 0 saturated carbocycles. The van der Waals surface area contributed by atoms with Crippen LogP contribution in [0.1, 0.15) is 0 Å². The van der Waals surface area contributed by atoms with Crippen LogP contribution in [-0.4, -0.2) is 29.6 Å². The molecule has 0 aliphatic heterocycles. The molecule has 98 valence electrons. The number of nitro groups is 1. The summed E-state index contributed by atoms with van der Waals surface area (Å²) in [5.74, 6) is -1.36. The van der Waals surface area contributed by atoms with E-state index in [0.717, 1.165) is 0 Å². The first-order valence-corrected chi connectivity index (χ1v) is 7.83. The lowest BCUT2D eigenvalue weighted by atomic mass is 10.3. The third-order valence-electron chi connectivity index (χ3n) is 1.89. The Morgan fingerprint density at radius 2 is 1.89 bits per heavy atom. The molecule has 0 saturated heterocycles. The van der Waals surface area contributed by atoms with Crippen molar-refractivity contribution in [1.82, 2.24) is 0 Å². The molecule has 1 aromatic rings. The summed E-state index contributed by atoms with van der Waals surface area (Å²) in [4.78, 5) is 20.2. The molecular weight excluding hydrogens is 375 g/mol. The van der Waals surface area contributed by atoms with Crippen LogP contribution in [0, 0.1) is 10.1 Å². The van der Waals surface area contributed by atoms with Gasteiger partial charge in [-0.25, -0.2) is 8.42 Å². The normalized spacial score (nSPS) is 10.9. The zero-order valence-corrected chi connectivity index (χ0v) is 12.0. The summed E-state index contributed by atoms with van der Waals surface area (Å²) in [5.41, 5.74) is 0.441. The number of nitrogens with one attached hydrogen (secondary N) is 1. The van der Waals surface area contributed by atoms with Crippen LogP contribution in [0.4, 0.5) is 5.69 Å². The van der Waals surface area contributed by atoms with Crippen molar-refractivity contribution in [1.29, 1.82) is 0 Å². The highest BCUT2D eigenvalue weighted by atomic mass is 127. The summed E-state index contributed by atoms with van der Waals surface area (Å²) < 4.78 is 23.3. The quantitative estimate of drug-likeness (QED) is 0.354. The fourth-order valence-electron chi connectivity index (χ4n) is 1.15. The SMILES string of the molecule is O=C(CI)Nc1ccc(S(=O)(=O)C[N+](=O)[O-])cc1. The molecule has 1 aromatic carbocycles. The zero-order valence-electron chi connectivity index (χ0n) is 9.00. The average Bonchev–Trinajstić information content (AvgIpc) is 2.28. The Morgan fingerprint density at radius 1 is 1.33 bits per heavy atom. The van der Waals surface area contributed by atoms with Gasteiger partial charge in [-0.3, -0.25) is 14.9 Å². The highest BCUT2D eigenvalue weighted by Gasteiger charge is 2.20. The molecule has 0 atom stereocenters. The van der Waals surface area contributed by atoms with Gasteiger partial charge in [-0.2, -0.15) is 0 Å². The second-order valence-corrected chi connectivity index (χ2v) is 6.00. The standard InChI is InChI=1S/C9H9IN2O5S/c10-5-9(13)11-7-1-3-8(4-2-7)18(16,17)6-12(14)15/h1-4H,5-6H2,(H,11,13). The summed E-state index contributed by atoms with van der Waals surface area (Å²) in [6.45, 7) is 0. The molecule has 0 radical (unpaired) electrons. The van der Waals surface area contributed by atoms with Crippen LogP contribution in [0.5, 0.6) is 0 Å². The number of rotatable bonds is 5. The number of sulfone groups is 1. The van der Waals surface area contributed by atoms with E-state index in [4.69, 9.17) is 0 Å². The van der Waals surface area contributed by atoms with Crippen LogP contribution in [0.2, 0.25) is 0 Å². The van der Waals surface area contributed by atoms with Crippen LogP contribution in [0.25, 0.3) is 0 Å². The van der Waals surface area contributed by atoms with E-state index in [2.05, 4.69) is 5.32 Å². The second-order valence-electron chi connectivity index (χ2n) is 3.28. The third-order valence-corrected chi connectivity index (χ3v) is 4.13. The van der Waals surface area contributed by atoms with Crippen molar-refractivity contribution in [2.24, 2.45) is 0 Å². The van der Waals surface area contributed by atoms with Gasteiger partial charge in [0.15, 0.2) is 0 Å². The Labute approximate surface area is 117 Å². The van der Waals surface area contributed by atoms with E-state index in [9.17, 15) is 23.3 Å². The first-order valence-electron chi connectivity index (χ1n) is 4.65. The van der Waals surface area contributed by atoms with Gasteiger partial charge in [-0.1, -0.05) is 22.6 Å². The largest absolute Gasteiger partial charge is 0.325 e. The van der Waals surface area contributed by atoms with Crippen molar-refractivity contribution in [3.8, 4) is 0 Å². The lowest BCUT2D eigenvalue weighted by Crippen LogP contribution is -2.15. The van der Waals surface area contributed by atoms with Crippen molar-refractivity contribution in [3.63, 3.8) is 0 Å². The van der Waals surface area contributed by atoms with E-state index in [0.29, 0.717) is 5.69 Å². The van der Waals surface area contributed by atoms with Gasteiger partial charge in [0.25, 0.3) is 0 Å². The van der Waals surface area contributed by atoms with Gasteiger partial charge in [-0.15, -0.1) is 0 Å². The number of carbonyl (C=O) groups excluding carboxylic acids is 1. The lowest BCUT2D eigenvalue weighted by Gasteiger charge is -2.04. The minimum atomic E-state index is -3.92. The van der Waals surface area contributed by atoms with Crippen LogP contribution in [0.3, 0.4) is 0 Å². The third kappa shape index (κ3) is 4.22. The topological polar surface area (TPSA) is 106 Å². The van der Waals surface area contributed by atoms with E-state index in [1.54, 1.807) is 0 Å². The van der Waals surface area contributed by atoms with E-state index in [-0.39, 0.29) is 15.2 Å². The average molecular weight is 384 g/mol. The van der Waals surface area contributed by atoms with E-state index in [1.807, 2.05) is 22.6 Å². The number of nitrogens with zero attached hydrogens (tertiary/aromatic N) is 1. The number of amides is 1. The fourth-order valence-corrected chi connectivity index (χ4v) is 2.32. The van der Waals surface area contributed by atoms with Crippen LogP contribution < -0.4 is 5.32 Å². The van der Waals surface area contributed by atoms with Gasteiger partial charge in [-0.05, 0) is 24.3 Å². The Morgan fingerprint density at radius 3 is 2.33 bits per heavy atom. The molecule has 0 aliphatic carbocycles. The number of halogens is 1. The Bertz CT molecular complexity index is 555. The minimum Gasteiger partial charge on any atom is -0.325 e. The monoisotopic (exact) mass is 384 g/mol. The summed E-state index contributed by atoms with van der Waals surface area (Å²) in [6.07, 6.45) is 0. The predicted octanol–water partition coefficient (Wildman–Crippen LogP) is 1.07. The molecule has 1 rings (SSSR count). The van der Waals surface area contributed by atoms with Crippen molar-refractivity contribution in [2.75, 3.05) is 15.6 Å². The fraction of sp³-hybridized carbons (Fsp3) is 0.222. The molecule has 0 heterocycles. The molecular formula is C9H9IN2O5S. The molecule has 0 spiro atoms. The van der Waals surface area contributed by atoms with Crippen molar-refractivity contribution < 1.29 is 18.1 Å². The number of hydrogen-bond acceptors (Lipinski definition) is 5. The molecule has 0 aliphatic rings. The van der Waals surface area contributed by atoms with E-state index < -0.39 is 20.6 Å². The van der Waals surface area contributed by atoms with E-state index >= 15 is 0 Å². The maximum Gasteiger partial charge on any atom is 0.305 e. The summed E-state index contributed by atoms with van der Waals surface area (Å²) >= 11 is 1.89. The maximum absolute atomic E-state index is 11.5. The molecule has 0 fully saturated rings. The lowest BCUT2D eigenvalue weighted by molar-refractivity contribution is -0.458. The molecule has 0 unspecified atom stereocenters. The van der Waals surface area contributed by atoms with Crippen LogP contribution in [0.15, 0.2) is 29.2 Å². The smallest absolute Gasteiger partial charge is 0.305 e. The van der Waals surface area contributed by atoms with Crippen molar-refractivity contribution in [3.05, 3.63) is 34.4 Å². The molecule has 1 N–H and O–H groups in total. The summed E-state index contributed by atoms with van der Waals surface area (Å²) in [6, 6.07) is 5.22. The molecule has 9 heteroatoms. The summed E-state index contributed by atoms with van der Waals surface area (Å²) in [7, 11) is -3.92. The Kier molecular flexibility index (Phi) is 5.02. The minimum absolute atomic E-state index is 0.147. The molecule has 7 nitrogen and oxygen atoms in total. The van der Waals surface area contributed by atoms with Gasteiger partial charge < -0.3 is 5.32 Å². The molecule has 0 aromatic heterocycles. The van der Waals surface area contributed by atoms with Crippen molar-refractivity contribution >= 4 is 44.0 Å². The molecule has 0 bridgehead atoms. The second kappa shape index (κ2) is 6.09. The number of alkyl halides is 1. The Hall–Kier alpha value is -1.23. The highest BCUT2D eigenvalue weighted by Crippen LogP contribution is 2.15. The first-order chi connectivity index (χ1) is 8.35. The number of benzene rings is 1. The highest BCUT2D eigenvalue weighted by molar-refractivity contribution is 14.1. The van der Waals surface area contributed by atoms with Gasteiger partial charge in [0.2, 0.25) is 15.7 Å². The van der Waals surface area contributed by atoms with Crippen LogP contribution in [-0.2, 0) is 14.6 Å². The number of carbonyl (C=O) groups is 1. The van der Waals surface area contributed by atoms with Gasteiger partial charge >= 0.3 is 5.88 Å². The summed E-state index contributed by atoms with van der Waals surface area (Å²) in [5, 5.41) is 12.7. The Balaban J connectivity index is 2.89. The number of anilines is 1. The first kappa shape index (κ1) is 14.8. The number of hydrogen-bond donors (Lipinski definition) is 1. The van der Waals surface area contributed by atoms with Gasteiger partial charge in [0.05, 0.1) is 9.32 Å². The van der Waals surface area contributed by atoms with Crippen molar-refractivity contribution in [2.45, 2.75) is 4.90 Å². The van der Waals surface area contributed by atoms with Crippen LogP contribution >= 0.6 is 22.6 Å². The molecule has 18 heavy (non-hydrogen) atoms. The van der Waals surface area contributed by atoms with E-state index in [1.165, 1.54) is 24.3 Å². The zero-order chi connectivity index (χ0) is 13.8. The van der Waals surface area contributed by atoms with Gasteiger partial charge in [0.1, 0.15) is 0 Å².